The zero-order valence-corrected chi connectivity index (χ0v) is 12.7. The number of para-hydroxylation sites is 1. The monoisotopic (exact) mass is 298 g/mol. The zero-order chi connectivity index (χ0) is 13.7. The van der Waals surface area contributed by atoms with Crippen molar-refractivity contribution in [3.8, 4) is 5.75 Å². The van der Waals surface area contributed by atoms with Crippen molar-refractivity contribution >= 4 is 18.3 Å². The van der Waals surface area contributed by atoms with Crippen molar-refractivity contribution in [2.75, 3.05) is 20.2 Å². The van der Waals surface area contributed by atoms with Gasteiger partial charge in [0.2, 0.25) is 5.91 Å². The third-order valence-electron chi connectivity index (χ3n) is 3.75. The molecule has 4 nitrogen and oxygen atoms in total. The van der Waals surface area contributed by atoms with E-state index in [1.54, 1.807) is 7.11 Å². The molecule has 1 aliphatic heterocycles. The van der Waals surface area contributed by atoms with E-state index in [1.165, 1.54) is 6.42 Å². The summed E-state index contributed by atoms with van der Waals surface area (Å²) in [7, 11) is 1.63. The fourth-order valence-corrected chi connectivity index (χ4v) is 2.69. The van der Waals surface area contributed by atoms with Crippen molar-refractivity contribution in [3.63, 3.8) is 0 Å². The van der Waals surface area contributed by atoms with E-state index in [0.717, 1.165) is 30.7 Å². The number of amides is 1. The van der Waals surface area contributed by atoms with Crippen molar-refractivity contribution in [2.45, 2.75) is 31.7 Å². The van der Waals surface area contributed by atoms with Gasteiger partial charge in [0, 0.05) is 24.7 Å². The average molecular weight is 299 g/mol. The van der Waals surface area contributed by atoms with E-state index < -0.39 is 0 Å². The van der Waals surface area contributed by atoms with Gasteiger partial charge in [0.15, 0.2) is 0 Å². The van der Waals surface area contributed by atoms with Gasteiger partial charge in [-0.1, -0.05) is 18.2 Å². The number of rotatable bonds is 4. The second-order valence-electron chi connectivity index (χ2n) is 4.96. The van der Waals surface area contributed by atoms with Gasteiger partial charge in [0.05, 0.1) is 13.5 Å². The molecule has 1 atom stereocenters. The molecule has 112 valence electrons. The minimum absolute atomic E-state index is 0. The van der Waals surface area contributed by atoms with Gasteiger partial charge in [0.25, 0.3) is 0 Å². The summed E-state index contributed by atoms with van der Waals surface area (Å²) >= 11 is 0. The van der Waals surface area contributed by atoms with E-state index in [4.69, 9.17) is 10.5 Å². The molecule has 1 fully saturated rings. The Labute approximate surface area is 126 Å². The molecule has 1 aliphatic rings. The number of ether oxygens (including phenoxy) is 1. The number of hydrogen-bond acceptors (Lipinski definition) is 3. The fraction of sp³-hybridized carbons (Fsp3) is 0.533. The summed E-state index contributed by atoms with van der Waals surface area (Å²) in [4.78, 5) is 14.4. The Hall–Kier alpha value is -1.26. The molecule has 1 heterocycles. The second-order valence-corrected chi connectivity index (χ2v) is 4.96. The van der Waals surface area contributed by atoms with Crippen LogP contribution in [0.3, 0.4) is 0 Å². The van der Waals surface area contributed by atoms with Crippen molar-refractivity contribution in [1.29, 1.82) is 0 Å². The number of benzene rings is 1. The zero-order valence-electron chi connectivity index (χ0n) is 11.9. The van der Waals surface area contributed by atoms with Gasteiger partial charge in [-0.05, 0) is 25.3 Å². The topological polar surface area (TPSA) is 55.6 Å². The van der Waals surface area contributed by atoms with E-state index in [2.05, 4.69) is 0 Å². The predicted octanol–water partition coefficient (Wildman–Crippen LogP) is 2.00. The standard InChI is InChI=1S/C15H22N2O2.ClH/c1-19-14-8-3-2-6-12(14)10-15(18)17-9-5-4-7-13(17)11-16;/h2-3,6,8,13H,4-5,7,9-11,16H2,1H3;1H. The Kier molecular flexibility index (Phi) is 6.82. The summed E-state index contributed by atoms with van der Waals surface area (Å²) in [6.07, 6.45) is 3.66. The lowest BCUT2D eigenvalue weighted by Crippen LogP contribution is -2.48. The number of nitrogens with two attached hydrogens (primary N) is 1. The maximum absolute atomic E-state index is 12.4. The van der Waals surface area contributed by atoms with Gasteiger partial charge >= 0.3 is 0 Å². The van der Waals surface area contributed by atoms with E-state index in [-0.39, 0.29) is 24.4 Å². The first-order valence-corrected chi connectivity index (χ1v) is 6.87. The maximum Gasteiger partial charge on any atom is 0.227 e. The summed E-state index contributed by atoms with van der Waals surface area (Å²) in [5.41, 5.74) is 6.70. The number of nitrogens with zero attached hydrogens (tertiary/aromatic N) is 1. The van der Waals surface area contributed by atoms with Crippen LogP contribution in [0.5, 0.6) is 5.75 Å². The highest BCUT2D eigenvalue weighted by atomic mass is 35.5. The summed E-state index contributed by atoms with van der Waals surface area (Å²) in [6.45, 7) is 1.38. The van der Waals surface area contributed by atoms with Crippen LogP contribution in [0, 0.1) is 0 Å². The minimum atomic E-state index is 0. The third kappa shape index (κ3) is 3.87. The molecule has 1 unspecified atom stereocenters. The van der Waals surface area contributed by atoms with Crippen LogP contribution in [0.25, 0.3) is 0 Å². The Morgan fingerprint density at radius 1 is 1.40 bits per heavy atom. The van der Waals surface area contributed by atoms with Crippen LogP contribution in [0.1, 0.15) is 24.8 Å². The summed E-state index contributed by atoms with van der Waals surface area (Å²) in [6, 6.07) is 7.88. The summed E-state index contributed by atoms with van der Waals surface area (Å²) in [5.74, 6) is 0.928. The van der Waals surface area contributed by atoms with Gasteiger partial charge < -0.3 is 15.4 Å². The largest absolute Gasteiger partial charge is 0.496 e. The second kappa shape index (κ2) is 8.12. The van der Waals surface area contributed by atoms with Crippen LogP contribution in [0.4, 0.5) is 0 Å². The molecular weight excluding hydrogens is 276 g/mol. The molecular formula is C15H23ClN2O2. The third-order valence-corrected chi connectivity index (χ3v) is 3.75. The fourth-order valence-electron chi connectivity index (χ4n) is 2.69. The molecule has 2 rings (SSSR count). The molecule has 1 aromatic rings. The lowest BCUT2D eigenvalue weighted by molar-refractivity contribution is -0.133. The van der Waals surface area contributed by atoms with Gasteiger partial charge in [-0.15, -0.1) is 12.4 Å². The number of carbonyl (C=O) groups excluding carboxylic acids is 1. The minimum Gasteiger partial charge on any atom is -0.496 e. The molecule has 0 aromatic heterocycles. The highest BCUT2D eigenvalue weighted by Gasteiger charge is 2.25. The Balaban J connectivity index is 0.00000200. The van der Waals surface area contributed by atoms with Crippen LogP contribution in [0.2, 0.25) is 0 Å². The molecule has 2 N–H and O–H groups in total. The number of methoxy groups -OCH3 is 1. The van der Waals surface area contributed by atoms with E-state index in [9.17, 15) is 4.79 Å². The molecule has 0 saturated carbocycles. The van der Waals surface area contributed by atoms with Gasteiger partial charge in [-0.3, -0.25) is 4.79 Å². The number of piperidine rings is 1. The van der Waals surface area contributed by atoms with Crippen LogP contribution in [0.15, 0.2) is 24.3 Å². The molecule has 20 heavy (non-hydrogen) atoms. The van der Waals surface area contributed by atoms with Crippen molar-refractivity contribution in [2.24, 2.45) is 5.73 Å². The van der Waals surface area contributed by atoms with Crippen molar-refractivity contribution in [1.82, 2.24) is 4.90 Å². The highest BCUT2D eigenvalue weighted by molar-refractivity contribution is 5.85. The lowest BCUT2D eigenvalue weighted by atomic mass is 10.0. The van der Waals surface area contributed by atoms with Crippen LogP contribution in [-0.4, -0.2) is 37.0 Å². The smallest absolute Gasteiger partial charge is 0.227 e. The van der Waals surface area contributed by atoms with Gasteiger partial charge in [0.1, 0.15) is 5.75 Å². The molecule has 0 radical (unpaired) electrons. The molecule has 5 heteroatoms. The van der Waals surface area contributed by atoms with E-state index >= 15 is 0 Å². The first kappa shape index (κ1) is 16.8. The Morgan fingerprint density at radius 2 is 2.15 bits per heavy atom. The normalized spacial score (nSPS) is 18.3. The predicted molar refractivity (Wildman–Crippen MR) is 82.4 cm³/mol. The Bertz CT molecular complexity index is 440. The number of carbonyl (C=O) groups is 1. The molecule has 1 amide bonds. The molecule has 0 spiro atoms. The molecule has 0 bridgehead atoms. The summed E-state index contributed by atoms with van der Waals surface area (Å²) in [5, 5.41) is 0. The molecule has 0 aliphatic carbocycles. The lowest BCUT2D eigenvalue weighted by Gasteiger charge is -2.35. The van der Waals surface area contributed by atoms with Crippen molar-refractivity contribution in [3.05, 3.63) is 29.8 Å². The number of hydrogen-bond donors (Lipinski definition) is 1. The maximum atomic E-state index is 12.4. The van der Waals surface area contributed by atoms with E-state index in [0.29, 0.717) is 13.0 Å². The number of halogens is 1. The Morgan fingerprint density at radius 3 is 2.85 bits per heavy atom. The van der Waals surface area contributed by atoms with Gasteiger partial charge in [-0.25, -0.2) is 0 Å². The average Bonchev–Trinajstić information content (AvgIpc) is 2.47. The molecule has 1 saturated heterocycles. The highest BCUT2D eigenvalue weighted by Crippen LogP contribution is 2.21. The molecule has 1 aromatic carbocycles. The van der Waals surface area contributed by atoms with Crippen LogP contribution < -0.4 is 10.5 Å². The first-order valence-electron chi connectivity index (χ1n) is 6.87. The SMILES string of the molecule is COc1ccccc1CC(=O)N1CCCCC1CN.Cl. The first-order chi connectivity index (χ1) is 9.26. The van der Waals surface area contributed by atoms with Gasteiger partial charge in [-0.2, -0.15) is 0 Å². The quantitative estimate of drug-likeness (QED) is 0.925. The van der Waals surface area contributed by atoms with Crippen LogP contribution in [-0.2, 0) is 11.2 Å². The summed E-state index contributed by atoms with van der Waals surface area (Å²) < 4.78 is 5.29. The van der Waals surface area contributed by atoms with Crippen molar-refractivity contribution < 1.29 is 9.53 Å². The van der Waals surface area contributed by atoms with Crippen LogP contribution >= 0.6 is 12.4 Å². The van der Waals surface area contributed by atoms with E-state index in [1.807, 2.05) is 29.2 Å². The number of likely N-dealkylation sites (tertiary alicyclic amines) is 1.